The van der Waals surface area contributed by atoms with E-state index in [1.807, 2.05) is 6.92 Å². The van der Waals surface area contributed by atoms with E-state index in [1.165, 1.54) is 13.8 Å². The van der Waals surface area contributed by atoms with E-state index in [1.54, 1.807) is 6.92 Å². The third kappa shape index (κ3) is 3.44. The maximum absolute atomic E-state index is 11.2. The second-order valence-electron chi connectivity index (χ2n) is 3.55. The highest BCUT2D eigenvalue weighted by Crippen LogP contribution is 2.14. The van der Waals surface area contributed by atoms with Gasteiger partial charge in [0.05, 0.1) is 5.92 Å². The number of ether oxygens (including phenoxy) is 1. The van der Waals surface area contributed by atoms with Crippen LogP contribution in [0.4, 0.5) is 0 Å². The fourth-order valence-electron chi connectivity index (χ4n) is 0.562. The molecular weight excluding hydrogens is 172 g/mol. The highest BCUT2D eigenvalue weighted by atomic mass is 16.6. The summed E-state index contributed by atoms with van der Waals surface area (Å²) in [5, 5.41) is 8.67. The monoisotopic (exact) mass is 188 g/mol. The molecule has 1 N–H and O–H groups in total. The number of carboxylic acid groups (broad SMARTS) is 1. The molecule has 1 atom stereocenters. The van der Waals surface area contributed by atoms with Crippen LogP contribution < -0.4 is 0 Å². The van der Waals surface area contributed by atoms with Crippen LogP contribution in [-0.2, 0) is 14.3 Å². The topological polar surface area (TPSA) is 63.6 Å². The number of carboxylic acids is 1. The number of carbonyl (C=O) groups is 2. The maximum atomic E-state index is 11.2. The molecule has 0 fully saturated rings. The SMILES string of the molecule is CCC(C)C(=O)OC(C)(C)C(=O)O. The molecule has 0 radical (unpaired) electrons. The normalized spacial score (nSPS) is 13.5. The lowest BCUT2D eigenvalue weighted by atomic mass is 10.1. The zero-order chi connectivity index (χ0) is 10.6. The Labute approximate surface area is 77.9 Å². The van der Waals surface area contributed by atoms with Crippen LogP contribution in [0.5, 0.6) is 0 Å². The third-order valence-corrected chi connectivity index (χ3v) is 1.89. The van der Waals surface area contributed by atoms with E-state index in [-0.39, 0.29) is 5.92 Å². The second-order valence-corrected chi connectivity index (χ2v) is 3.55. The van der Waals surface area contributed by atoms with E-state index in [2.05, 4.69) is 0 Å². The minimum Gasteiger partial charge on any atom is -0.478 e. The quantitative estimate of drug-likeness (QED) is 0.678. The fraction of sp³-hybridized carbons (Fsp3) is 0.778. The van der Waals surface area contributed by atoms with Gasteiger partial charge in [0.25, 0.3) is 0 Å². The van der Waals surface area contributed by atoms with Crippen molar-refractivity contribution >= 4 is 11.9 Å². The van der Waals surface area contributed by atoms with Crippen LogP contribution in [0.1, 0.15) is 34.1 Å². The number of hydrogen-bond donors (Lipinski definition) is 1. The molecule has 0 saturated carbocycles. The summed E-state index contributed by atoms with van der Waals surface area (Å²) in [5.41, 5.74) is -1.43. The molecule has 0 saturated heterocycles. The van der Waals surface area contributed by atoms with Gasteiger partial charge in [-0.2, -0.15) is 0 Å². The van der Waals surface area contributed by atoms with Gasteiger partial charge in [-0.25, -0.2) is 4.79 Å². The largest absolute Gasteiger partial charge is 0.478 e. The molecule has 0 aliphatic heterocycles. The molecular formula is C9H16O4. The molecule has 0 aromatic carbocycles. The van der Waals surface area contributed by atoms with E-state index in [9.17, 15) is 9.59 Å². The van der Waals surface area contributed by atoms with Gasteiger partial charge < -0.3 is 9.84 Å². The predicted molar refractivity (Wildman–Crippen MR) is 47.3 cm³/mol. The number of hydrogen-bond acceptors (Lipinski definition) is 3. The Morgan fingerprint density at radius 1 is 1.46 bits per heavy atom. The fourth-order valence-corrected chi connectivity index (χ4v) is 0.562. The molecule has 76 valence electrons. The lowest BCUT2D eigenvalue weighted by Crippen LogP contribution is -2.38. The molecule has 0 amide bonds. The first-order chi connectivity index (χ1) is 5.81. The van der Waals surface area contributed by atoms with Gasteiger partial charge in [-0.15, -0.1) is 0 Å². The summed E-state index contributed by atoms with van der Waals surface area (Å²) in [6.45, 7) is 6.27. The molecule has 13 heavy (non-hydrogen) atoms. The molecule has 0 heterocycles. The molecule has 0 aromatic heterocycles. The van der Waals surface area contributed by atoms with Gasteiger partial charge in [0, 0.05) is 0 Å². The predicted octanol–water partition coefficient (Wildman–Crippen LogP) is 1.44. The summed E-state index contributed by atoms with van der Waals surface area (Å²) < 4.78 is 4.81. The van der Waals surface area contributed by atoms with Crippen molar-refractivity contribution < 1.29 is 19.4 Å². The van der Waals surface area contributed by atoms with Crippen LogP contribution in [-0.4, -0.2) is 22.6 Å². The molecule has 4 heteroatoms. The van der Waals surface area contributed by atoms with Crippen molar-refractivity contribution in [3.63, 3.8) is 0 Å². The molecule has 0 rings (SSSR count). The summed E-state index contributed by atoms with van der Waals surface area (Å²) in [6.07, 6.45) is 0.647. The first kappa shape index (κ1) is 11.9. The summed E-state index contributed by atoms with van der Waals surface area (Å²) in [4.78, 5) is 21.8. The highest BCUT2D eigenvalue weighted by Gasteiger charge is 2.32. The molecule has 0 aliphatic rings. The maximum Gasteiger partial charge on any atom is 0.347 e. The van der Waals surface area contributed by atoms with Gasteiger partial charge in [-0.3, -0.25) is 4.79 Å². The zero-order valence-electron chi connectivity index (χ0n) is 8.46. The van der Waals surface area contributed by atoms with Crippen LogP contribution >= 0.6 is 0 Å². The van der Waals surface area contributed by atoms with E-state index >= 15 is 0 Å². The second kappa shape index (κ2) is 4.25. The van der Waals surface area contributed by atoms with E-state index in [4.69, 9.17) is 9.84 Å². The molecule has 0 aliphatic carbocycles. The van der Waals surface area contributed by atoms with E-state index in [0.29, 0.717) is 6.42 Å². The smallest absolute Gasteiger partial charge is 0.347 e. The number of esters is 1. The van der Waals surface area contributed by atoms with Gasteiger partial charge in [0.1, 0.15) is 0 Å². The minimum atomic E-state index is -1.43. The molecule has 1 unspecified atom stereocenters. The van der Waals surface area contributed by atoms with Crippen molar-refractivity contribution in [3.8, 4) is 0 Å². The van der Waals surface area contributed by atoms with Gasteiger partial charge in [-0.05, 0) is 20.3 Å². The Hall–Kier alpha value is -1.06. The van der Waals surface area contributed by atoms with E-state index < -0.39 is 17.5 Å². The first-order valence-electron chi connectivity index (χ1n) is 4.27. The molecule has 4 nitrogen and oxygen atoms in total. The molecule has 0 bridgehead atoms. The Balaban J connectivity index is 4.28. The summed E-state index contributed by atoms with van der Waals surface area (Å²) in [7, 11) is 0. The number of rotatable bonds is 4. The van der Waals surface area contributed by atoms with Crippen molar-refractivity contribution in [3.05, 3.63) is 0 Å². The molecule has 0 spiro atoms. The van der Waals surface area contributed by atoms with E-state index in [0.717, 1.165) is 0 Å². The Morgan fingerprint density at radius 3 is 2.23 bits per heavy atom. The Kier molecular flexibility index (Phi) is 3.91. The third-order valence-electron chi connectivity index (χ3n) is 1.89. The minimum absolute atomic E-state index is 0.251. The van der Waals surface area contributed by atoms with Crippen molar-refractivity contribution in [2.45, 2.75) is 39.7 Å². The van der Waals surface area contributed by atoms with Gasteiger partial charge in [0.15, 0.2) is 0 Å². The van der Waals surface area contributed by atoms with Crippen LogP contribution in [0.2, 0.25) is 0 Å². The lowest BCUT2D eigenvalue weighted by molar-refractivity contribution is -0.177. The summed E-state index contributed by atoms with van der Waals surface area (Å²) >= 11 is 0. The van der Waals surface area contributed by atoms with Crippen LogP contribution in [0.3, 0.4) is 0 Å². The summed E-state index contributed by atoms with van der Waals surface area (Å²) in [5.74, 6) is -1.85. The van der Waals surface area contributed by atoms with Crippen LogP contribution in [0.15, 0.2) is 0 Å². The van der Waals surface area contributed by atoms with Crippen molar-refractivity contribution in [2.24, 2.45) is 5.92 Å². The Bertz CT molecular complexity index is 208. The van der Waals surface area contributed by atoms with Gasteiger partial charge >= 0.3 is 11.9 Å². The summed E-state index contributed by atoms with van der Waals surface area (Å²) in [6, 6.07) is 0. The lowest BCUT2D eigenvalue weighted by Gasteiger charge is -2.21. The average Bonchev–Trinajstić information content (AvgIpc) is 2.01. The number of carbonyl (C=O) groups excluding carboxylic acids is 1. The van der Waals surface area contributed by atoms with Crippen LogP contribution in [0.25, 0.3) is 0 Å². The van der Waals surface area contributed by atoms with Crippen molar-refractivity contribution in [2.75, 3.05) is 0 Å². The van der Waals surface area contributed by atoms with Gasteiger partial charge in [0.2, 0.25) is 5.60 Å². The zero-order valence-corrected chi connectivity index (χ0v) is 8.46. The Morgan fingerprint density at radius 2 is 1.92 bits per heavy atom. The molecule has 0 aromatic rings. The first-order valence-corrected chi connectivity index (χ1v) is 4.27. The average molecular weight is 188 g/mol. The van der Waals surface area contributed by atoms with Crippen molar-refractivity contribution in [1.82, 2.24) is 0 Å². The van der Waals surface area contributed by atoms with Crippen molar-refractivity contribution in [1.29, 1.82) is 0 Å². The van der Waals surface area contributed by atoms with Gasteiger partial charge in [-0.1, -0.05) is 13.8 Å². The number of aliphatic carboxylic acids is 1. The highest BCUT2D eigenvalue weighted by molar-refractivity contribution is 5.81. The standard InChI is InChI=1S/C9H16O4/c1-5-6(2)7(10)13-9(3,4)8(11)12/h6H,5H2,1-4H3,(H,11,12). The van der Waals surface area contributed by atoms with Crippen LogP contribution in [0, 0.1) is 5.92 Å².